The minimum Gasteiger partial charge on any atom is -0.310 e. The van der Waals surface area contributed by atoms with E-state index in [1.807, 2.05) is 6.20 Å². The van der Waals surface area contributed by atoms with Crippen molar-refractivity contribution in [2.24, 2.45) is 5.41 Å². The molecule has 0 unspecified atom stereocenters. The summed E-state index contributed by atoms with van der Waals surface area (Å²) in [4.78, 5) is 0. The Hall–Kier alpha value is -0.830. The molecule has 0 aromatic carbocycles. The lowest BCUT2D eigenvalue weighted by molar-refractivity contribution is 0.339. The number of aryl methyl sites for hydroxylation is 1. The molecule has 0 aliphatic heterocycles. The molecule has 1 aliphatic rings. The third kappa shape index (κ3) is 3.84. The van der Waals surface area contributed by atoms with E-state index in [4.69, 9.17) is 0 Å². The molecule has 1 saturated carbocycles. The highest BCUT2D eigenvalue weighted by Gasteiger charge is 2.21. The van der Waals surface area contributed by atoms with Crippen molar-refractivity contribution < 1.29 is 0 Å². The van der Waals surface area contributed by atoms with Gasteiger partial charge in [0.2, 0.25) is 0 Å². The molecule has 96 valence electrons. The highest BCUT2D eigenvalue weighted by Crippen LogP contribution is 2.21. The maximum absolute atomic E-state index is 4.49. The summed E-state index contributed by atoms with van der Waals surface area (Å²) in [6, 6.07) is 0.771. The zero-order chi connectivity index (χ0) is 12.5. The molecule has 0 amide bonds. The minimum atomic E-state index is 0.380. The summed E-state index contributed by atoms with van der Waals surface area (Å²) < 4.78 is 2.15. The smallest absolute Gasteiger partial charge is 0.0537 e. The average Bonchev–Trinajstić information content (AvgIpc) is 2.98. The third-order valence-corrected chi connectivity index (χ3v) is 3.44. The first kappa shape index (κ1) is 12.6. The van der Waals surface area contributed by atoms with Crippen LogP contribution < -0.4 is 5.32 Å². The minimum absolute atomic E-state index is 0.380. The summed E-state index contributed by atoms with van der Waals surface area (Å²) >= 11 is 0. The second-order valence-corrected chi connectivity index (χ2v) is 6.44. The molecular formula is C14H25N3. The highest BCUT2D eigenvalue weighted by molar-refractivity contribution is 5.16. The first-order valence-electron chi connectivity index (χ1n) is 6.70. The molecule has 1 aromatic heterocycles. The number of aromatic nitrogens is 2. The van der Waals surface area contributed by atoms with Crippen LogP contribution in [-0.2, 0) is 13.1 Å². The van der Waals surface area contributed by atoms with Gasteiger partial charge in [-0.15, -0.1) is 0 Å². The van der Waals surface area contributed by atoms with Gasteiger partial charge in [0.1, 0.15) is 0 Å². The molecule has 1 fully saturated rings. The quantitative estimate of drug-likeness (QED) is 0.850. The fourth-order valence-corrected chi connectivity index (χ4v) is 1.87. The molecule has 0 saturated heterocycles. The van der Waals surface area contributed by atoms with E-state index in [2.05, 4.69) is 42.8 Å². The van der Waals surface area contributed by atoms with Crippen molar-refractivity contribution in [2.45, 2.75) is 66.1 Å². The first-order valence-corrected chi connectivity index (χ1v) is 6.70. The van der Waals surface area contributed by atoms with Crippen molar-refractivity contribution in [3.8, 4) is 0 Å². The number of hydrogen-bond acceptors (Lipinski definition) is 2. The Kier molecular flexibility index (Phi) is 3.57. The predicted octanol–water partition coefficient (Wildman–Crippen LogP) is 2.88. The van der Waals surface area contributed by atoms with Crippen LogP contribution in [0.25, 0.3) is 0 Å². The molecule has 3 heteroatoms. The summed E-state index contributed by atoms with van der Waals surface area (Å²) in [7, 11) is 0. The molecule has 3 nitrogen and oxygen atoms in total. The Balaban J connectivity index is 1.89. The van der Waals surface area contributed by atoms with Crippen LogP contribution in [0.1, 0.15) is 51.3 Å². The lowest BCUT2D eigenvalue weighted by atomic mass is 9.92. The number of nitrogens with one attached hydrogen (secondary N) is 1. The Bertz CT molecular complexity index is 369. The molecule has 1 N–H and O–H groups in total. The zero-order valence-electron chi connectivity index (χ0n) is 11.6. The zero-order valence-corrected chi connectivity index (χ0v) is 11.6. The monoisotopic (exact) mass is 235 g/mol. The van der Waals surface area contributed by atoms with Gasteiger partial charge in [0.25, 0.3) is 0 Å². The van der Waals surface area contributed by atoms with Crippen molar-refractivity contribution in [3.63, 3.8) is 0 Å². The molecule has 0 bridgehead atoms. The fraction of sp³-hybridized carbons (Fsp3) is 0.786. The van der Waals surface area contributed by atoms with E-state index in [0.717, 1.165) is 19.1 Å². The Morgan fingerprint density at radius 2 is 2.12 bits per heavy atom. The van der Waals surface area contributed by atoms with E-state index < -0.39 is 0 Å². The van der Waals surface area contributed by atoms with Crippen molar-refractivity contribution in [1.29, 1.82) is 0 Å². The number of rotatable bonds is 5. The number of hydrogen-bond donors (Lipinski definition) is 1. The van der Waals surface area contributed by atoms with Gasteiger partial charge in [-0.3, -0.25) is 4.68 Å². The Morgan fingerprint density at radius 3 is 2.71 bits per heavy atom. The lowest BCUT2D eigenvalue weighted by Crippen LogP contribution is -2.16. The van der Waals surface area contributed by atoms with E-state index in [0.29, 0.717) is 5.41 Å². The molecule has 1 aromatic rings. The fourth-order valence-electron chi connectivity index (χ4n) is 1.87. The molecular weight excluding hydrogens is 210 g/mol. The van der Waals surface area contributed by atoms with Crippen LogP contribution in [0.3, 0.4) is 0 Å². The summed E-state index contributed by atoms with van der Waals surface area (Å²) in [6.07, 6.45) is 5.88. The van der Waals surface area contributed by atoms with Crippen LogP contribution in [0, 0.1) is 12.3 Å². The molecule has 0 radical (unpaired) electrons. The van der Waals surface area contributed by atoms with Gasteiger partial charge in [0.15, 0.2) is 0 Å². The van der Waals surface area contributed by atoms with Crippen LogP contribution in [-0.4, -0.2) is 15.8 Å². The maximum Gasteiger partial charge on any atom is 0.0537 e. The van der Waals surface area contributed by atoms with Gasteiger partial charge >= 0.3 is 0 Å². The average molecular weight is 235 g/mol. The number of nitrogens with zero attached hydrogens (tertiary/aromatic N) is 2. The Labute approximate surface area is 105 Å². The summed E-state index contributed by atoms with van der Waals surface area (Å²) in [5.41, 5.74) is 3.05. The molecule has 0 spiro atoms. The van der Waals surface area contributed by atoms with Crippen LogP contribution in [0.2, 0.25) is 0 Å². The van der Waals surface area contributed by atoms with E-state index in [1.165, 1.54) is 30.5 Å². The van der Waals surface area contributed by atoms with E-state index >= 15 is 0 Å². The molecule has 0 atom stereocenters. The largest absolute Gasteiger partial charge is 0.310 e. The van der Waals surface area contributed by atoms with E-state index in [9.17, 15) is 0 Å². The third-order valence-electron chi connectivity index (χ3n) is 3.44. The Morgan fingerprint density at radius 1 is 1.41 bits per heavy atom. The maximum atomic E-state index is 4.49. The molecule has 1 aliphatic carbocycles. The SMILES string of the molecule is Cc1c(CNC2CC2)cnn1CCC(C)(C)C. The highest BCUT2D eigenvalue weighted by atomic mass is 15.3. The molecule has 1 heterocycles. The van der Waals surface area contributed by atoms with Crippen LogP contribution >= 0.6 is 0 Å². The summed E-state index contributed by atoms with van der Waals surface area (Å²) in [5, 5.41) is 8.04. The van der Waals surface area contributed by atoms with Gasteiger partial charge in [0, 0.05) is 30.4 Å². The lowest BCUT2D eigenvalue weighted by Gasteiger charge is -2.18. The molecule has 17 heavy (non-hydrogen) atoms. The van der Waals surface area contributed by atoms with Gasteiger partial charge in [-0.1, -0.05) is 20.8 Å². The second kappa shape index (κ2) is 4.81. The van der Waals surface area contributed by atoms with Crippen molar-refractivity contribution >= 4 is 0 Å². The summed E-state index contributed by atoms with van der Waals surface area (Å²) in [5.74, 6) is 0. The van der Waals surface area contributed by atoms with Gasteiger partial charge in [-0.05, 0) is 31.6 Å². The van der Waals surface area contributed by atoms with Crippen molar-refractivity contribution in [1.82, 2.24) is 15.1 Å². The van der Waals surface area contributed by atoms with Gasteiger partial charge < -0.3 is 5.32 Å². The van der Waals surface area contributed by atoms with Gasteiger partial charge in [-0.25, -0.2) is 0 Å². The first-order chi connectivity index (χ1) is 7.96. The topological polar surface area (TPSA) is 29.9 Å². The second-order valence-electron chi connectivity index (χ2n) is 6.44. The van der Waals surface area contributed by atoms with Crippen LogP contribution in [0.5, 0.6) is 0 Å². The summed E-state index contributed by atoms with van der Waals surface area (Å²) in [6.45, 7) is 11.0. The van der Waals surface area contributed by atoms with E-state index in [-0.39, 0.29) is 0 Å². The molecule has 2 rings (SSSR count). The normalized spacial score (nSPS) is 16.5. The van der Waals surface area contributed by atoms with Crippen molar-refractivity contribution in [2.75, 3.05) is 0 Å². The van der Waals surface area contributed by atoms with Crippen LogP contribution in [0.4, 0.5) is 0 Å². The van der Waals surface area contributed by atoms with Gasteiger partial charge in [-0.2, -0.15) is 5.10 Å². The van der Waals surface area contributed by atoms with Crippen LogP contribution in [0.15, 0.2) is 6.20 Å². The van der Waals surface area contributed by atoms with Crippen molar-refractivity contribution in [3.05, 3.63) is 17.5 Å². The standard InChI is InChI=1S/C14H25N3/c1-11-12(9-15-13-5-6-13)10-16-17(11)8-7-14(2,3)4/h10,13,15H,5-9H2,1-4H3. The van der Waals surface area contributed by atoms with Gasteiger partial charge in [0.05, 0.1) is 6.20 Å². The predicted molar refractivity (Wildman–Crippen MR) is 70.9 cm³/mol. The van der Waals surface area contributed by atoms with E-state index in [1.54, 1.807) is 0 Å².